The number of rotatable bonds is 8. The lowest BCUT2D eigenvalue weighted by Crippen LogP contribution is -2.43. The minimum atomic E-state index is 0.462. The van der Waals surface area contributed by atoms with Gasteiger partial charge in [0.2, 0.25) is 0 Å². The van der Waals surface area contributed by atoms with E-state index in [1.54, 1.807) is 0 Å². The summed E-state index contributed by atoms with van der Waals surface area (Å²) in [6.07, 6.45) is 8.06. The average molecular weight is 272 g/mol. The number of likely N-dealkylation sites (tertiary alicyclic amines) is 1. The van der Waals surface area contributed by atoms with E-state index in [1.165, 1.54) is 51.6 Å². The Morgan fingerprint density at radius 2 is 1.83 bits per heavy atom. The largest absolute Gasteiger partial charge is 0.300 e. The molecule has 0 aromatic rings. The van der Waals surface area contributed by atoms with E-state index in [0.717, 1.165) is 17.7 Å². The Labute approximate surface area is 120 Å². The summed E-state index contributed by atoms with van der Waals surface area (Å²) in [4.78, 5) is 2.77. The van der Waals surface area contributed by atoms with Gasteiger partial charge in [0.15, 0.2) is 0 Å². The highest BCUT2D eigenvalue weighted by Crippen LogP contribution is 2.35. The number of nitrogens with zero attached hydrogens (tertiary/aromatic N) is 1. The maximum absolute atomic E-state index is 4.70. The van der Waals surface area contributed by atoms with Gasteiger partial charge in [-0.15, -0.1) is 0 Å². The van der Waals surface area contributed by atoms with Gasteiger partial charge in [-0.05, 0) is 49.3 Å². The van der Waals surface area contributed by atoms with Crippen LogP contribution in [-0.4, -0.2) is 29.8 Å². The van der Waals surface area contributed by atoms with Crippen LogP contribution in [0.2, 0.25) is 0 Å². The number of hydrogen-bond donors (Lipinski definition) is 1. The van der Waals surface area contributed by atoms with Crippen LogP contribution in [0.5, 0.6) is 0 Å². The van der Waals surface area contributed by atoms with Crippen molar-refractivity contribution in [2.24, 2.45) is 11.3 Å². The molecule has 1 aliphatic rings. The molecule has 0 radical (unpaired) electrons. The van der Waals surface area contributed by atoms with Gasteiger partial charge in [-0.3, -0.25) is 4.90 Å². The molecule has 1 unspecified atom stereocenters. The molecule has 108 valence electrons. The van der Waals surface area contributed by atoms with Crippen LogP contribution in [0.3, 0.4) is 0 Å². The molecule has 2 heteroatoms. The smallest absolute Gasteiger partial charge is 0.0119 e. The van der Waals surface area contributed by atoms with Gasteiger partial charge in [0, 0.05) is 12.6 Å². The van der Waals surface area contributed by atoms with Crippen LogP contribution < -0.4 is 0 Å². The fourth-order valence-electron chi connectivity index (χ4n) is 3.79. The molecule has 0 spiro atoms. The van der Waals surface area contributed by atoms with Crippen molar-refractivity contribution in [3.8, 4) is 0 Å². The van der Waals surface area contributed by atoms with Crippen molar-refractivity contribution in [1.82, 2.24) is 4.90 Å². The summed E-state index contributed by atoms with van der Waals surface area (Å²) in [5.41, 5.74) is 0.462. The van der Waals surface area contributed by atoms with E-state index in [1.807, 2.05) is 0 Å². The second-order valence-corrected chi connectivity index (χ2v) is 6.90. The quantitative estimate of drug-likeness (QED) is 0.630. The molecule has 18 heavy (non-hydrogen) atoms. The summed E-state index contributed by atoms with van der Waals surface area (Å²) < 4.78 is 0. The Bertz CT molecular complexity index is 221. The first-order valence-electron chi connectivity index (χ1n) is 7.93. The van der Waals surface area contributed by atoms with Crippen LogP contribution in [0, 0.1) is 11.3 Å². The first-order chi connectivity index (χ1) is 8.58. The lowest BCUT2D eigenvalue weighted by atomic mass is 9.80. The maximum atomic E-state index is 4.70. The third-order valence-electron chi connectivity index (χ3n) is 4.62. The van der Waals surface area contributed by atoms with Crippen LogP contribution in [0.4, 0.5) is 0 Å². The van der Waals surface area contributed by atoms with Gasteiger partial charge >= 0.3 is 0 Å². The Morgan fingerprint density at radius 1 is 1.22 bits per heavy atom. The first-order valence-corrected chi connectivity index (χ1v) is 8.56. The van der Waals surface area contributed by atoms with Gasteiger partial charge in [0.1, 0.15) is 0 Å². The molecule has 1 rings (SSSR count). The molecule has 0 saturated carbocycles. The average Bonchev–Trinajstić information content (AvgIpc) is 2.77. The topological polar surface area (TPSA) is 3.24 Å². The van der Waals surface area contributed by atoms with Gasteiger partial charge in [0.25, 0.3) is 0 Å². The van der Waals surface area contributed by atoms with Gasteiger partial charge in [-0.2, -0.15) is 12.6 Å². The molecule has 0 aromatic carbocycles. The zero-order valence-electron chi connectivity index (χ0n) is 12.9. The molecule has 0 amide bonds. The summed E-state index contributed by atoms with van der Waals surface area (Å²) in [7, 11) is 0. The predicted molar refractivity (Wildman–Crippen MR) is 85.5 cm³/mol. The number of hydrogen-bond acceptors (Lipinski definition) is 2. The van der Waals surface area contributed by atoms with E-state index in [9.17, 15) is 0 Å². The lowest BCUT2D eigenvalue weighted by Gasteiger charge is -2.39. The third-order valence-corrected chi connectivity index (χ3v) is 5.29. The van der Waals surface area contributed by atoms with Gasteiger partial charge in [0.05, 0.1) is 0 Å². The second kappa shape index (κ2) is 7.79. The molecule has 1 atom stereocenters. The van der Waals surface area contributed by atoms with Crippen LogP contribution in [0.1, 0.15) is 66.2 Å². The maximum Gasteiger partial charge on any atom is 0.0119 e. The Morgan fingerprint density at radius 3 is 2.28 bits per heavy atom. The molecule has 1 saturated heterocycles. The van der Waals surface area contributed by atoms with E-state index >= 15 is 0 Å². The summed E-state index contributed by atoms with van der Waals surface area (Å²) >= 11 is 4.70. The summed E-state index contributed by atoms with van der Waals surface area (Å²) in [5.74, 6) is 1.85. The van der Waals surface area contributed by atoms with Crippen molar-refractivity contribution in [1.29, 1.82) is 0 Å². The van der Waals surface area contributed by atoms with Crippen molar-refractivity contribution in [3.05, 3.63) is 0 Å². The molecule has 1 fully saturated rings. The number of thiol groups is 1. The summed E-state index contributed by atoms with van der Waals surface area (Å²) in [6.45, 7) is 12.0. The molecule has 1 heterocycles. The summed E-state index contributed by atoms with van der Waals surface area (Å²) in [6, 6.07) is 0.818. The molecule has 1 nitrogen and oxygen atoms in total. The predicted octanol–water partition coefficient (Wildman–Crippen LogP) is 4.62. The lowest BCUT2D eigenvalue weighted by molar-refractivity contribution is 0.116. The van der Waals surface area contributed by atoms with Crippen molar-refractivity contribution < 1.29 is 0 Å². The third kappa shape index (κ3) is 4.16. The zero-order valence-corrected chi connectivity index (χ0v) is 13.8. The molecule has 0 aliphatic carbocycles. The fourth-order valence-corrected chi connectivity index (χ4v) is 4.20. The molecule has 1 aliphatic heterocycles. The molecular formula is C16H33NS. The molecule has 0 N–H and O–H groups in total. The van der Waals surface area contributed by atoms with Crippen molar-refractivity contribution in [3.63, 3.8) is 0 Å². The van der Waals surface area contributed by atoms with Gasteiger partial charge in [-0.1, -0.05) is 40.5 Å². The van der Waals surface area contributed by atoms with E-state index in [4.69, 9.17) is 12.6 Å². The summed E-state index contributed by atoms with van der Waals surface area (Å²) in [5, 5.41) is 0. The van der Waals surface area contributed by atoms with Crippen molar-refractivity contribution in [2.75, 3.05) is 18.8 Å². The van der Waals surface area contributed by atoms with E-state index in [0.29, 0.717) is 5.41 Å². The Kier molecular flexibility index (Phi) is 7.08. The minimum absolute atomic E-state index is 0.462. The van der Waals surface area contributed by atoms with Crippen LogP contribution in [0.15, 0.2) is 0 Å². The normalized spacial score (nSPS) is 22.0. The SMILES string of the molecule is CCCC(CS)(CCC)CN1CCCC1C(C)C. The zero-order chi connectivity index (χ0) is 13.6. The highest BCUT2D eigenvalue weighted by atomic mass is 32.1. The van der Waals surface area contributed by atoms with E-state index < -0.39 is 0 Å². The molecule has 0 bridgehead atoms. The van der Waals surface area contributed by atoms with E-state index in [2.05, 4.69) is 32.6 Å². The highest BCUT2D eigenvalue weighted by Gasteiger charge is 2.35. The van der Waals surface area contributed by atoms with Gasteiger partial charge < -0.3 is 0 Å². The Balaban J connectivity index is 2.69. The Hall–Kier alpha value is 0.310. The molecular weight excluding hydrogens is 238 g/mol. The van der Waals surface area contributed by atoms with Crippen LogP contribution in [-0.2, 0) is 0 Å². The van der Waals surface area contributed by atoms with E-state index in [-0.39, 0.29) is 0 Å². The highest BCUT2D eigenvalue weighted by molar-refractivity contribution is 7.80. The van der Waals surface area contributed by atoms with Crippen molar-refractivity contribution >= 4 is 12.6 Å². The van der Waals surface area contributed by atoms with Crippen LogP contribution >= 0.6 is 12.6 Å². The second-order valence-electron chi connectivity index (χ2n) is 6.58. The van der Waals surface area contributed by atoms with Gasteiger partial charge in [-0.25, -0.2) is 0 Å². The molecule has 0 aromatic heterocycles. The van der Waals surface area contributed by atoms with Crippen LogP contribution in [0.25, 0.3) is 0 Å². The monoisotopic (exact) mass is 271 g/mol. The standard InChI is InChI=1S/C16H33NS/c1-5-9-16(13-18,10-6-2)12-17-11-7-8-15(17)14(3)4/h14-15,18H,5-13H2,1-4H3. The minimum Gasteiger partial charge on any atom is -0.300 e. The fraction of sp³-hybridized carbons (Fsp3) is 1.00. The van der Waals surface area contributed by atoms with Crippen molar-refractivity contribution in [2.45, 2.75) is 72.3 Å². The first kappa shape index (κ1) is 16.4.